The molecule has 0 aliphatic rings. The molecular formula is C9H12ClNO3S. The molecule has 0 saturated heterocycles. The summed E-state index contributed by atoms with van der Waals surface area (Å²) in [5, 5.41) is 0.435. The fourth-order valence-corrected chi connectivity index (χ4v) is 2.24. The Balaban J connectivity index is 3.38. The van der Waals surface area contributed by atoms with E-state index in [-0.39, 0.29) is 10.6 Å². The van der Waals surface area contributed by atoms with Crippen molar-refractivity contribution in [3.63, 3.8) is 0 Å². The number of sulfonamides is 1. The zero-order valence-electron chi connectivity index (χ0n) is 8.69. The minimum Gasteiger partial charge on any atom is -0.495 e. The minimum absolute atomic E-state index is 0.111. The highest BCUT2D eigenvalue weighted by molar-refractivity contribution is 7.89. The Morgan fingerprint density at radius 3 is 2.40 bits per heavy atom. The van der Waals surface area contributed by atoms with Gasteiger partial charge in [0.2, 0.25) is 10.0 Å². The van der Waals surface area contributed by atoms with Gasteiger partial charge in [-0.05, 0) is 12.1 Å². The molecule has 1 aromatic carbocycles. The molecule has 0 unspecified atom stereocenters. The van der Waals surface area contributed by atoms with Crippen LogP contribution in [0.2, 0.25) is 5.02 Å². The van der Waals surface area contributed by atoms with Crippen LogP contribution in [-0.4, -0.2) is 33.9 Å². The van der Waals surface area contributed by atoms with Crippen LogP contribution in [0.5, 0.6) is 5.75 Å². The molecule has 0 aromatic heterocycles. The van der Waals surface area contributed by atoms with Crippen LogP contribution in [0, 0.1) is 0 Å². The second kappa shape index (κ2) is 4.38. The van der Waals surface area contributed by atoms with Gasteiger partial charge < -0.3 is 4.74 Å². The van der Waals surface area contributed by atoms with E-state index in [2.05, 4.69) is 0 Å². The zero-order chi connectivity index (χ0) is 11.6. The predicted octanol–water partition coefficient (Wildman–Crippen LogP) is 1.60. The Morgan fingerprint density at radius 1 is 1.33 bits per heavy atom. The molecule has 0 heterocycles. The molecule has 6 heteroatoms. The molecule has 0 fully saturated rings. The van der Waals surface area contributed by atoms with Gasteiger partial charge in [-0.25, -0.2) is 12.7 Å². The molecule has 4 nitrogen and oxygen atoms in total. The van der Waals surface area contributed by atoms with E-state index in [1.54, 1.807) is 0 Å². The van der Waals surface area contributed by atoms with Crippen LogP contribution < -0.4 is 4.74 Å². The molecule has 84 valence electrons. The van der Waals surface area contributed by atoms with E-state index < -0.39 is 10.0 Å². The summed E-state index contributed by atoms with van der Waals surface area (Å²) >= 11 is 5.74. The maximum atomic E-state index is 11.8. The Morgan fingerprint density at radius 2 is 1.93 bits per heavy atom. The highest BCUT2D eigenvalue weighted by Crippen LogP contribution is 2.28. The predicted molar refractivity (Wildman–Crippen MR) is 58.9 cm³/mol. The van der Waals surface area contributed by atoms with Crippen molar-refractivity contribution in [3.8, 4) is 5.75 Å². The Labute approximate surface area is 94.5 Å². The topological polar surface area (TPSA) is 46.6 Å². The maximum absolute atomic E-state index is 11.8. The van der Waals surface area contributed by atoms with E-state index in [1.165, 1.54) is 39.4 Å². The summed E-state index contributed by atoms with van der Waals surface area (Å²) in [6.07, 6.45) is 0. The van der Waals surface area contributed by atoms with Gasteiger partial charge in [0.25, 0.3) is 0 Å². The third-order valence-corrected chi connectivity index (χ3v) is 3.97. The van der Waals surface area contributed by atoms with Gasteiger partial charge in [0.15, 0.2) is 0 Å². The molecule has 0 aliphatic carbocycles. The monoisotopic (exact) mass is 249 g/mol. The molecule has 0 radical (unpaired) electrons. The van der Waals surface area contributed by atoms with Crippen LogP contribution in [0.15, 0.2) is 23.1 Å². The first-order valence-electron chi connectivity index (χ1n) is 4.15. The highest BCUT2D eigenvalue weighted by Gasteiger charge is 2.21. The summed E-state index contributed by atoms with van der Waals surface area (Å²) in [6, 6.07) is 4.41. The number of methoxy groups -OCH3 is 1. The average Bonchev–Trinajstić information content (AvgIpc) is 2.16. The lowest BCUT2D eigenvalue weighted by Gasteiger charge is -2.14. The second-order valence-corrected chi connectivity index (χ2v) is 5.64. The smallest absolute Gasteiger partial charge is 0.246 e. The number of benzene rings is 1. The molecule has 1 rings (SSSR count). The van der Waals surface area contributed by atoms with Crippen molar-refractivity contribution in [1.29, 1.82) is 0 Å². The van der Waals surface area contributed by atoms with Gasteiger partial charge in [0.1, 0.15) is 10.6 Å². The van der Waals surface area contributed by atoms with Crippen LogP contribution in [-0.2, 0) is 10.0 Å². The molecule has 0 N–H and O–H groups in total. The van der Waals surface area contributed by atoms with E-state index in [1.807, 2.05) is 0 Å². The number of ether oxygens (including phenoxy) is 1. The van der Waals surface area contributed by atoms with Gasteiger partial charge in [0, 0.05) is 25.2 Å². The number of hydrogen-bond donors (Lipinski definition) is 0. The molecule has 15 heavy (non-hydrogen) atoms. The van der Waals surface area contributed by atoms with Crippen LogP contribution in [0.4, 0.5) is 0 Å². The molecule has 0 aliphatic heterocycles. The van der Waals surface area contributed by atoms with E-state index in [0.29, 0.717) is 5.02 Å². The van der Waals surface area contributed by atoms with Gasteiger partial charge in [0.05, 0.1) is 7.11 Å². The lowest BCUT2D eigenvalue weighted by Crippen LogP contribution is -2.22. The first-order valence-corrected chi connectivity index (χ1v) is 5.97. The van der Waals surface area contributed by atoms with Crippen LogP contribution in [0.3, 0.4) is 0 Å². The van der Waals surface area contributed by atoms with E-state index in [4.69, 9.17) is 16.3 Å². The third kappa shape index (κ3) is 2.42. The lowest BCUT2D eigenvalue weighted by molar-refractivity contribution is 0.400. The van der Waals surface area contributed by atoms with Gasteiger partial charge in [-0.15, -0.1) is 0 Å². The van der Waals surface area contributed by atoms with Crippen molar-refractivity contribution in [3.05, 3.63) is 23.2 Å². The largest absolute Gasteiger partial charge is 0.495 e. The van der Waals surface area contributed by atoms with Crippen LogP contribution in [0.25, 0.3) is 0 Å². The molecule has 0 amide bonds. The normalized spacial score (nSPS) is 11.8. The van der Waals surface area contributed by atoms with Gasteiger partial charge in [-0.3, -0.25) is 0 Å². The maximum Gasteiger partial charge on any atom is 0.246 e. The highest BCUT2D eigenvalue weighted by atomic mass is 35.5. The zero-order valence-corrected chi connectivity index (χ0v) is 10.3. The van der Waals surface area contributed by atoms with Crippen molar-refractivity contribution in [2.45, 2.75) is 4.90 Å². The fourth-order valence-electron chi connectivity index (χ4n) is 1.05. The molecule has 0 spiro atoms. The van der Waals surface area contributed by atoms with Gasteiger partial charge in [-0.1, -0.05) is 11.6 Å². The van der Waals surface area contributed by atoms with E-state index in [9.17, 15) is 8.42 Å². The van der Waals surface area contributed by atoms with Gasteiger partial charge in [-0.2, -0.15) is 0 Å². The van der Waals surface area contributed by atoms with Gasteiger partial charge >= 0.3 is 0 Å². The quantitative estimate of drug-likeness (QED) is 0.818. The Bertz CT molecular complexity index is 456. The standard InChI is InChI=1S/C9H12ClNO3S/c1-11(2)15(12,13)9-5-4-7(10)6-8(9)14-3/h4-6H,1-3H3. The summed E-state index contributed by atoms with van der Waals surface area (Å²) in [7, 11) is 0.840. The SMILES string of the molecule is COc1cc(Cl)ccc1S(=O)(=O)N(C)C. The third-order valence-electron chi connectivity index (χ3n) is 1.88. The molecule has 0 atom stereocenters. The number of hydrogen-bond acceptors (Lipinski definition) is 3. The number of halogens is 1. The lowest BCUT2D eigenvalue weighted by atomic mass is 10.3. The number of rotatable bonds is 3. The van der Waals surface area contributed by atoms with Crippen molar-refractivity contribution in [1.82, 2.24) is 4.31 Å². The summed E-state index contributed by atoms with van der Waals surface area (Å²) < 4.78 is 29.7. The fraction of sp³-hybridized carbons (Fsp3) is 0.333. The summed E-state index contributed by atoms with van der Waals surface area (Å²) in [4.78, 5) is 0.111. The Kier molecular flexibility index (Phi) is 3.59. The molecule has 1 aromatic rings. The van der Waals surface area contributed by atoms with Crippen molar-refractivity contribution in [2.24, 2.45) is 0 Å². The Hall–Kier alpha value is -0.780. The summed E-state index contributed by atoms with van der Waals surface area (Å²) in [5.74, 6) is 0.246. The first kappa shape index (κ1) is 12.3. The second-order valence-electron chi connectivity index (χ2n) is 3.08. The van der Waals surface area contributed by atoms with E-state index >= 15 is 0 Å². The molecule has 0 bridgehead atoms. The van der Waals surface area contributed by atoms with Crippen LogP contribution >= 0.6 is 11.6 Å². The number of nitrogens with zero attached hydrogens (tertiary/aromatic N) is 1. The first-order chi connectivity index (χ1) is 6.89. The molecule has 0 saturated carbocycles. The van der Waals surface area contributed by atoms with Crippen molar-refractivity contribution in [2.75, 3.05) is 21.2 Å². The summed E-state index contributed by atoms with van der Waals surface area (Å²) in [5.41, 5.74) is 0. The van der Waals surface area contributed by atoms with Crippen molar-refractivity contribution < 1.29 is 13.2 Å². The summed E-state index contributed by atoms with van der Waals surface area (Å²) in [6.45, 7) is 0. The molecular weight excluding hydrogens is 238 g/mol. The van der Waals surface area contributed by atoms with Crippen molar-refractivity contribution >= 4 is 21.6 Å². The average molecular weight is 250 g/mol. The van der Waals surface area contributed by atoms with E-state index in [0.717, 1.165) is 4.31 Å². The van der Waals surface area contributed by atoms with Crippen LogP contribution in [0.1, 0.15) is 0 Å². The minimum atomic E-state index is -3.49.